The van der Waals surface area contributed by atoms with Gasteiger partial charge in [0.15, 0.2) is 6.61 Å². The predicted octanol–water partition coefficient (Wildman–Crippen LogP) is 3.95. The lowest BCUT2D eigenvalue weighted by Gasteiger charge is -2.30. The van der Waals surface area contributed by atoms with Crippen LogP contribution in [0.1, 0.15) is 38.3 Å². The molecule has 2 rings (SSSR count). The number of aryl methyl sites for hydroxylation is 1. The molecular formula is C24H32N2O3. The van der Waals surface area contributed by atoms with Crippen molar-refractivity contribution in [2.75, 3.05) is 13.2 Å². The van der Waals surface area contributed by atoms with Crippen LogP contribution in [0.15, 0.2) is 54.6 Å². The van der Waals surface area contributed by atoms with Crippen LogP contribution in [-0.2, 0) is 16.1 Å². The molecule has 0 spiro atoms. The van der Waals surface area contributed by atoms with Crippen LogP contribution < -0.4 is 10.1 Å². The van der Waals surface area contributed by atoms with Crippen LogP contribution in [0, 0.1) is 12.8 Å². The summed E-state index contributed by atoms with van der Waals surface area (Å²) in [7, 11) is 0. The molecule has 1 N–H and O–H groups in total. The summed E-state index contributed by atoms with van der Waals surface area (Å²) in [5, 5.41) is 2.96. The van der Waals surface area contributed by atoms with E-state index >= 15 is 0 Å². The first-order valence-corrected chi connectivity index (χ1v) is 10.2. The molecule has 0 heterocycles. The van der Waals surface area contributed by atoms with Crippen LogP contribution in [0.3, 0.4) is 0 Å². The van der Waals surface area contributed by atoms with Gasteiger partial charge < -0.3 is 15.0 Å². The van der Waals surface area contributed by atoms with Crippen molar-refractivity contribution in [3.8, 4) is 5.75 Å². The van der Waals surface area contributed by atoms with Gasteiger partial charge in [0, 0.05) is 13.1 Å². The molecule has 0 unspecified atom stereocenters. The molecular weight excluding hydrogens is 364 g/mol. The summed E-state index contributed by atoms with van der Waals surface area (Å²) >= 11 is 0. The summed E-state index contributed by atoms with van der Waals surface area (Å²) in [5.41, 5.74) is 2.14. The zero-order valence-corrected chi connectivity index (χ0v) is 17.9. The molecule has 0 aliphatic carbocycles. The standard InChI is InChI=1S/C24H32N2O3/c1-5-22(24(28)25-15-18(2)3)26(16-20-13-11-19(4)12-14-20)23(27)17-29-21-9-7-6-8-10-21/h6-14,18,22H,5,15-17H2,1-4H3,(H,25,28)/t22-/m1/s1. The fourth-order valence-corrected chi connectivity index (χ4v) is 2.98. The van der Waals surface area contributed by atoms with Crippen LogP contribution in [0.2, 0.25) is 0 Å². The SMILES string of the molecule is CC[C@H](C(=O)NCC(C)C)N(Cc1ccc(C)cc1)C(=O)COc1ccccc1. The van der Waals surface area contributed by atoms with E-state index in [0.29, 0.717) is 31.2 Å². The zero-order valence-electron chi connectivity index (χ0n) is 17.9. The number of ether oxygens (including phenoxy) is 1. The lowest BCUT2D eigenvalue weighted by molar-refractivity contribution is -0.143. The van der Waals surface area contributed by atoms with Crippen molar-refractivity contribution in [1.29, 1.82) is 0 Å². The number of carbonyl (C=O) groups is 2. The number of benzene rings is 2. The van der Waals surface area contributed by atoms with Crippen LogP contribution in [0.4, 0.5) is 0 Å². The Bertz CT molecular complexity index is 772. The second kappa shape index (κ2) is 11.2. The van der Waals surface area contributed by atoms with Gasteiger partial charge in [-0.25, -0.2) is 0 Å². The summed E-state index contributed by atoms with van der Waals surface area (Å²) in [6, 6.07) is 16.7. The molecule has 2 aromatic carbocycles. The number of para-hydroxylation sites is 1. The monoisotopic (exact) mass is 396 g/mol. The minimum absolute atomic E-state index is 0.107. The number of hydrogen-bond acceptors (Lipinski definition) is 3. The van der Waals surface area contributed by atoms with Crippen molar-refractivity contribution in [2.45, 2.75) is 46.7 Å². The minimum Gasteiger partial charge on any atom is -0.484 e. The van der Waals surface area contributed by atoms with Gasteiger partial charge in [-0.3, -0.25) is 9.59 Å². The highest BCUT2D eigenvalue weighted by Gasteiger charge is 2.28. The molecule has 29 heavy (non-hydrogen) atoms. The lowest BCUT2D eigenvalue weighted by Crippen LogP contribution is -2.50. The Kier molecular flexibility index (Phi) is 8.71. The average molecular weight is 397 g/mol. The smallest absolute Gasteiger partial charge is 0.261 e. The fourth-order valence-electron chi connectivity index (χ4n) is 2.98. The first-order valence-electron chi connectivity index (χ1n) is 10.2. The maximum Gasteiger partial charge on any atom is 0.261 e. The van der Waals surface area contributed by atoms with Gasteiger partial charge in [-0.05, 0) is 37.0 Å². The topological polar surface area (TPSA) is 58.6 Å². The lowest BCUT2D eigenvalue weighted by atomic mass is 10.1. The Morgan fingerprint density at radius 3 is 2.28 bits per heavy atom. The molecule has 2 aromatic rings. The Morgan fingerprint density at radius 2 is 1.69 bits per heavy atom. The Labute approximate surface area is 174 Å². The average Bonchev–Trinajstić information content (AvgIpc) is 2.72. The fraction of sp³-hybridized carbons (Fsp3) is 0.417. The molecule has 0 radical (unpaired) electrons. The number of nitrogens with one attached hydrogen (secondary N) is 1. The van der Waals surface area contributed by atoms with Gasteiger partial charge in [0.1, 0.15) is 11.8 Å². The van der Waals surface area contributed by atoms with Gasteiger partial charge in [0.25, 0.3) is 5.91 Å². The molecule has 5 heteroatoms. The van der Waals surface area contributed by atoms with Crippen molar-refractivity contribution in [3.05, 3.63) is 65.7 Å². The number of carbonyl (C=O) groups excluding carboxylic acids is 2. The van der Waals surface area contributed by atoms with E-state index in [1.54, 1.807) is 4.90 Å². The predicted molar refractivity (Wildman–Crippen MR) is 116 cm³/mol. The maximum absolute atomic E-state index is 13.1. The third kappa shape index (κ3) is 7.26. The summed E-state index contributed by atoms with van der Waals surface area (Å²) in [4.78, 5) is 27.5. The molecule has 0 aliphatic rings. The molecule has 156 valence electrons. The normalized spacial score (nSPS) is 11.8. The Hall–Kier alpha value is -2.82. The van der Waals surface area contributed by atoms with Crippen LogP contribution >= 0.6 is 0 Å². The van der Waals surface area contributed by atoms with E-state index in [9.17, 15) is 9.59 Å². The van der Waals surface area contributed by atoms with E-state index < -0.39 is 6.04 Å². The summed E-state index contributed by atoms with van der Waals surface area (Å²) in [5.74, 6) is 0.648. The van der Waals surface area contributed by atoms with Crippen molar-refractivity contribution in [1.82, 2.24) is 10.2 Å². The quantitative estimate of drug-likeness (QED) is 0.661. The van der Waals surface area contributed by atoms with Crippen molar-refractivity contribution in [3.63, 3.8) is 0 Å². The zero-order chi connectivity index (χ0) is 21.2. The van der Waals surface area contributed by atoms with E-state index in [1.807, 2.05) is 82.3 Å². The summed E-state index contributed by atoms with van der Waals surface area (Å²) in [6.45, 7) is 8.88. The van der Waals surface area contributed by atoms with E-state index in [2.05, 4.69) is 5.32 Å². The van der Waals surface area contributed by atoms with E-state index in [-0.39, 0.29) is 18.4 Å². The second-order valence-corrected chi connectivity index (χ2v) is 7.67. The number of hydrogen-bond donors (Lipinski definition) is 1. The van der Waals surface area contributed by atoms with Crippen LogP contribution in [0.5, 0.6) is 5.75 Å². The number of nitrogens with zero attached hydrogens (tertiary/aromatic N) is 1. The minimum atomic E-state index is -0.540. The van der Waals surface area contributed by atoms with Gasteiger partial charge in [-0.2, -0.15) is 0 Å². The van der Waals surface area contributed by atoms with Crippen molar-refractivity contribution < 1.29 is 14.3 Å². The summed E-state index contributed by atoms with van der Waals surface area (Å²) in [6.07, 6.45) is 0.535. The molecule has 0 aromatic heterocycles. The van der Waals surface area contributed by atoms with Crippen molar-refractivity contribution >= 4 is 11.8 Å². The molecule has 2 amide bonds. The molecule has 0 bridgehead atoms. The number of rotatable bonds is 10. The molecule has 0 aliphatic heterocycles. The Morgan fingerprint density at radius 1 is 1.03 bits per heavy atom. The van der Waals surface area contributed by atoms with Gasteiger partial charge in [-0.15, -0.1) is 0 Å². The van der Waals surface area contributed by atoms with E-state index in [0.717, 1.165) is 11.1 Å². The molecule has 1 atom stereocenters. The highest BCUT2D eigenvalue weighted by atomic mass is 16.5. The van der Waals surface area contributed by atoms with Gasteiger partial charge in [0.2, 0.25) is 5.91 Å². The summed E-state index contributed by atoms with van der Waals surface area (Å²) < 4.78 is 5.66. The first kappa shape index (κ1) is 22.5. The molecule has 0 fully saturated rings. The third-order valence-electron chi connectivity index (χ3n) is 4.65. The van der Waals surface area contributed by atoms with Gasteiger partial charge in [0.05, 0.1) is 0 Å². The van der Waals surface area contributed by atoms with Crippen LogP contribution in [0.25, 0.3) is 0 Å². The third-order valence-corrected chi connectivity index (χ3v) is 4.65. The highest BCUT2D eigenvalue weighted by Crippen LogP contribution is 2.15. The van der Waals surface area contributed by atoms with Gasteiger partial charge >= 0.3 is 0 Å². The highest BCUT2D eigenvalue weighted by molar-refractivity contribution is 5.88. The largest absolute Gasteiger partial charge is 0.484 e. The van der Waals surface area contributed by atoms with Crippen LogP contribution in [-0.4, -0.2) is 35.9 Å². The Balaban J connectivity index is 2.16. The molecule has 5 nitrogen and oxygen atoms in total. The van der Waals surface area contributed by atoms with E-state index in [1.165, 1.54) is 0 Å². The van der Waals surface area contributed by atoms with Gasteiger partial charge in [-0.1, -0.05) is 68.8 Å². The van der Waals surface area contributed by atoms with E-state index in [4.69, 9.17) is 4.74 Å². The van der Waals surface area contributed by atoms with Crippen molar-refractivity contribution in [2.24, 2.45) is 5.92 Å². The number of amides is 2. The maximum atomic E-state index is 13.1. The second-order valence-electron chi connectivity index (χ2n) is 7.67. The molecule has 0 saturated carbocycles. The first-order chi connectivity index (χ1) is 13.9. The molecule has 0 saturated heterocycles.